The zero-order chi connectivity index (χ0) is 19.3. The van der Waals surface area contributed by atoms with E-state index in [1.54, 1.807) is 48.5 Å². The van der Waals surface area contributed by atoms with Gasteiger partial charge in [-0.15, -0.1) is 0 Å². The molecule has 6 heteroatoms. The van der Waals surface area contributed by atoms with Gasteiger partial charge in [0, 0.05) is 6.04 Å². The van der Waals surface area contributed by atoms with Crippen LogP contribution in [0.25, 0.3) is 0 Å². The highest BCUT2D eigenvalue weighted by Crippen LogP contribution is 2.24. The number of nitrogens with one attached hydrogen (secondary N) is 1. The molecule has 1 fully saturated rings. The van der Waals surface area contributed by atoms with Crippen molar-refractivity contribution in [2.24, 2.45) is 0 Å². The number of benzene rings is 2. The summed E-state index contributed by atoms with van der Waals surface area (Å²) in [4.78, 5) is 12.8. The third-order valence-corrected chi connectivity index (χ3v) is 6.67. The SMILES string of the molecule is Cc1cccc(N(CC(=O)NC2CCCCC2)S(=O)(=O)c2ccccc2)c1. The van der Waals surface area contributed by atoms with Crippen LogP contribution in [0, 0.1) is 6.92 Å². The lowest BCUT2D eigenvalue weighted by Gasteiger charge is -2.27. The van der Waals surface area contributed by atoms with Gasteiger partial charge in [0.25, 0.3) is 10.0 Å². The molecule has 1 saturated carbocycles. The maximum Gasteiger partial charge on any atom is 0.264 e. The van der Waals surface area contributed by atoms with E-state index in [1.165, 1.54) is 10.7 Å². The summed E-state index contributed by atoms with van der Waals surface area (Å²) in [6, 6.07) is 15.6. The Morgan fingerprint density at radius 2 is 1.74 bits per heavy atom. The Hall–Kier alpha value is -2.34. The number of carbonyl (C=O) groups is 1. The van der Waals surface area contributed by atoms with Gasteiger partial charge in [-0.1, -0.05) is 49.6 Å². The lowest BCUT2D eigenvalue weighted by atomic mass is 9.95. The van der Waals surface area contributed by atoms with Gasteiger partial charge in [-0.25, -0.2) is 8.42 Å². The van der Waals surface area contributed by atoms with Crippen molar-refractivity contribution in [3.8, 4) is 0 Å². The van der Waals surface area contributed by atoms with Gasteiger partial charge < -0.3 is 5.32 Å². The van der Waals surface area contributed by atoms with Crippen LogP contribution in [-0.4, -0.2) is 26.9 Å². The monoisotopic (exact) mass is 386 g/mol. The van der Waals surface area contributed by atoms with Gasteiger partial charge in [0.05, 0.1) is 10.6 Å². The molecule has 1 aliphatic carbocycles. The minimum atomic E-state index is -3.83. The lowest BCUT2D eigenvalue weighted by molar-refractivity contribution is -0.120. The van der Waals surface area contributed by atoms with Crippen LogP contribution in [0.5, 0.6) is 0 Å². The zero-order valence-electron chi connectivity index (χ0n) is 15.6. The number of hydrogen-bond donors (Lipinski definition) is 1. The number of carbonyl (C=O) groups excluding carboxylic acids is 1. The number of amides is 1. The van der Waals surface area contributed by atoms with E-state index in [2.05, 4.69) is 5.32 Å². The van der Waals surface area contributed by atoms with Crippen LogP contribution in [0.4, 0.5) is 5.69 Å². The van der Waals surface area contributed by atoms with Crippen molar-refractivity contribution in [3.05, 3.63) is 60.2 Å². The van der Waals surface area contributed by atoms with Crippen molar-refractivity contribution >= 4 is 21.6 Å². The van der Waals surface area contributed by atoms with Crippen LogP contribution >= 0.6 is 0 Å². The van der Waals surface area contributed by atoms with Crippen LogP contribution in [0.1, 0.15) is 37.7 Å². The molecule has 0 unspecified atom stereocenters. The average Bonchev–Trinajstić information content (AvgIpc) is 2.67. The molecule has 1 amide bonds. The van der Waals surface area contributed by atoms with Gasteiger partial charge in [-0.2, -0.15) is 0 Å². The first kappa shape index (κ1) is 19.4. The topological polar surface area (TPSA) is 66.5 Å². The van der Waals surface area contributed by atoms with E-state index in [-0.39, 0.29) is 23.4 Å². The first-order chi connectivity index (χ1) is 13.0. The molecule has 0 saturated heterocycles. The second-order valence-corrected chi connectivity index (χ2v) is 8.93. The van der Waals surface area contributed by atoms with Crippen molar-refractivity contribution in [2.45, 2.75) is 50.0 Å². The van der Waals surface area contributed by atoms with Gasteiger partial charge in [-0.3, -0.25) is 9.10 Å². The quantitative estimate of drug-likeness (QED) is 0.824. The number of aryl methyl sites for hydroxylation is 1. The highest BCUT2D eigenvalue weighted by Gasteiger charge is 2.28. The molecular weight excluding hydrogens is 360 g/mol. The molecule has 1 aliphatic rings. The predicted octanol–water partition coefficient (Wildman–Crippen LogP) is 3.64. The van der Waals surface area contributed by atoms with Gasteiger partial charge in [0.2, 0.25) is 5.91 Å². The summed E-state index contributed by atoms with van der Waals surface area (Å²) in [7, 11) is -3.83. The van der Waals surface area contributed by atoms with Crippen molar-refractivity contribution in [1.29, 1.82) is 0 Å². The molecule has 2 aromatic carbocycles. The van der Waals surface area contributed by atoms with E-state index in [0.29, 0.717) is 5.69 Å². The summed E-state index contributed by atoms with van der Waals surface area (Å²) in [6.07, 6.45) is 5.33. The molecule has 27 heavy (non-hydrogen) atoms. The molecule has 0 spiro atoms. The van der Waals surface area contributed by atoms with Crippen LogP contribution in [0.15, 0.2) is 59.5 Å². The summed E-state index contributed by atoms with van der Waals surface area (Å²) >= 11 is 0. The first-order valence-corrected chi connectivity index (χ1v) is 10.8. The second-order valence-electron chi connectivity index (χ2n) is 7.07. The molecule has 144 valence electrons. The molecule has 0 bridgehead atoms. The Morgan fingerprint density at radius 1 is 1.04 bits per heavy atom. The molecule has 0 atom stereocenters. The normalized spacial score (nSPS) is 15.3. The highest BCUT2D eigenvalue weighted by atomic mass is 32.2. The van der Waals surface area contributed by atoms with Gasteiger partial charge in [-0.05, 0) is 49.6 Å². The minimum absolute atomic E-state index is 0.144. The van der Waals surface area contributed by atoms with E-state index in [9.17, 15) is 13.2 Å². The summed E-state index contributed by atoms with van der Waals surface area (Å²) in [5.41, 5.74) is 1.44. The maximum atomic E-state index is 13.2. The molecule has 3 rings (SSSR count). The molecule has 2 aromatic rings. The number of rotatable bonds is 6. The van der Waals surface area contributed by atoms with E-state index >= 15 is 0 Å². The number of nitrogens with zero attached hydrogens (tertiary/aromatic N) is 1. The largest absolute Gasteiger partial charge is 0.352 e. The number of hydrogen-bond acceptors (Lipinski definition) is 3. The second kappa shape index (κ2) is 8.57. The van der Waals surface area contributed by atoms with Crippen LogP contribution in [0.3, 0.4) is 0 Å². The average molecular weight is 387 g/mol. The van der Waals surface area contributed by atoms with Crippen LogP contribution in [-0.2, 0) is 14.8 Å². The van der Waals surface area contributed by atoms with Crippen molar-refractivity contribution in [2.75, 3.05) is 10.8 Å². The standard InChI is InChI=1S/C21H26N2O3S/c1-17-9-8-12-19(15-17)23(27(25,26)20-13-6-3-7-14-20)16-21(24)22-18-10-4-2-5-11-18/h3,6-9,12-15,18H,2,4-5,10-11,16H2,1H3,(H,22,24). The molecular formula is C21H26N2O3S. The highest BCUT2D eigenvalue weighted by molar-refractivity contribution is 7.92. The Morgan fingerprint density at radius 3 is 2.41 bits per heavy atom. The molecule has 0 radical (unpaired) electrons. The van der Waals surface area contributed by atoms with E-state index < -0.39 is 10.0 Å². The molecule has 5 nitrogen and oxygen atoms in total. The Labute approximate surface area is 161 Å². The number of sulfonamides is 1. The number of anilines is 1. The van der Waals surface area contributed by atoms with Gasteiger partial charge >= 0.3 is 0 Å². The third kappa shape index (κ3) is 4.89. The summed E-state index contributed by atoms with van der Waals surface area (Å²) in [6.45, 7) is 1.68. The van der Waals surface area contributed by atoms with E-state index in [0.717, 1.165) is 31.2 Å². The van der Waals surface area contributed by atoms with E-state index in [4.69, 9.17) is 0 Å². The minimum Gasteiger partial charge on any atom is -0.352 e. The Kier molecular flexibility index (Phi) is 6.16. The Balaban J connectivity index is 1.87. The molecule has 0 aromatic heterocycles. The first-order valence-electron chi connectivity index (χ1n) is 9.40. The van der Waals surface area contributed by atoms with Crippen LogP contribution in [0.2, 0.25) is 0 Å². The van der Waals surface area contributed by atoms with Gasteiger partial charge in [0.1, 0.15) is 6.54 Å². The third-order valence-electron chi connectivity index (χ3n) is 4.88. The van der Waals surface area contributed by atoms with Crippen molar-refractivity contribution in [3.63, 3.8) is 0 Å². The molecule has 0 heterocycles. The van der Waals surface area contributed by atoms with E-state index in [1.807, 2.05) is 13.0 Å². The summed E-state index contributed by atoms with van der Waals surface area (Å²) in [5.74, 6) is -0.261. The lowest BCUT2D eigenvalue weighted by Crippen LogP contribution is -2.44. The molecule has 0 aliphatic heterocycles. The zero-order valence-corrected chi connectivity index (χ0v) is 16.4. The van der Waals surface area contributed by atoms with Crippen LogP contribution < -0.4 is 9.62 Å². The maximum absolute atomic E-state index is 13.2. The summed E-state index contributed by atoms with van der Waals surface area (Å²) < 4.78 is 27.6. The smallest absolute Gasteiger partial charge is 0.264 e. The fourth-order valence-electron chi connectivity index (χ4n) is 3.47. The van der Waals surface area contributed by atoms with Crippen molar-refractivity contribution < 1.29 is 13.2 Å². The fourth-order valence-corrected chi connectivity index (χ4v) is 4.90. The Bertz CT molecular complexity index is 875. The van der Waals surface area contributed by atoms with Crippen molar-refractivity contribution in [1.82, 2.24) is 5.32 Å². The predicted molar refractivity (Wildman–Crippen MR) is 107 cm³/mol. The van der Waals surface area contributed by atoms with Gasteiger partial charge in [0.15, 0.2) is 0 Å². The molecule has 1 N–H and O–H groups in total. The summed E-state index contributed by atoms with van der Waals surface area (Å²) in [5, 5.41) is 3.01. The fraction of sp³-hybridized carbons (Fsp3) is 0.381.